The van der Waals surface area contributed by atoms with Crippen molar-refractivity contribution < 1.29 is 47.0 Å². The lowest BCUT2D eigenvalue weighted by molar-refractivity contribution is -0.139. The molecule has 4 N–H and O–H groups in total. The largest absolute Gasteiger partial charge is 0.497 e. The highest BCUT2D eigenvalue weighted by atomic mass is 19.4. The van der Waals surface area contributed by atoms with Crippen molar-refractivity contribution in [2.24, 2.45) is 0 Å². The van der Waals surface area contributed by atoms with Gasteiger partial charge in [-0.15, -0.1) is 0 Å². The molecule has 5 aromatic rings. The van der Waals surface area contributed by atoms with Gasteiger partial charge in [-0.2, -0.15) is 13.2 Å². The Balaban J connectivity index is 1.16. The third kappa shape index (κ3) is 10.6. The van der Waals surface area contributed by atoms with Crippen LogP contribution in [0.1, 0.15) is 53.3 Å². The molecule has 0 aliphatic heterocycles. The number of carbonyl (C=O) groups excluding carboxylic acids is 4. The van der Waals surface area contributed by atoms with Crippen molar-refractivity contribution in [2.75, 3.05) is 19.0 Å². The van der Waals surface area contributed by atoms with Crippen LogP contribution in [0.2, 0.25) is 0 Å². The molecule has 0 radical (unpaired) electrons. The molecule has 0 aliphatic carbocycles. The number of anilines is 1. The van der Waals surface area contributed by atoms with Crippen molar-refractivity contribution in [3.63, 3.8) is 0 Å². The van der Waals surface area contributed by atoms with Crippen molar-refractivity contribution in [2.45, 2.75) is 26.1 Å². The average molecular weight is 753 g/mol. The Labute approximate surface area is 313 Å². The first-order valence-corrected chi connectivity index (χ1v) is 16.7. The van der Waals surface area contributed by atoms with Gasteiger partial charge in [-0.25, -0.2) is 0 Å². The van der Waals surface area contributed by atoms with Gasteiger partial charge in [0.1, 0.15) is 12.3 Å². The average Bonchev–Trinajstić information content (AvgIpc) is 3.16. The number of amides is 4. The zero-order valence-corrected chi connectivity index (χ0v) is 29.6. The van der Waals surface area contributed by atoms with E-state index in [9.17, 15) is 42.3 Å². The third-order valence-electron chi connectivity index (χ3n) is 8.41. The first kappa shape index (κ1) is 39.3. The summed E-state index contributed by atoms with van der Waals surface area (Å²) < 4.78 is 45.5. The first-order valence-electron chi connectivity index (χ1n) is 16.7. The number of halogens is 3. The molecule has 0 fully saturated rings. The molecule has 0 atom stereocenters. The lowest BCUT2D eigenvalue weighted by atomic mass is 10.0. The summed E-state index contributed by atoms with van der Waals surface area (Å²) >= 11 is 0. The molecule has 55 heavy (non-hydrogen) atoms. The molecular weight excluding hydrogens is 717 g/mol. The molecule has 0 saturated heterocycles. The van der Waals surface area contributed by atoms with E-state index in [1.165, 1.54) is 61.7 Å². The second-order valence-corrected chi connectivity index (χ2v) is 12.4. The molecule has 5 aromatic carbocycles. The maximum absolute atomic E-state index is 13.6. The van der Waals surface area contributed by atoms with Crippen LogP contribution in [0, 0.1) is 6.92 Å². The summed E-state index contributed by atoms with van der Waals surface area (Å²) in [5.41, 5.74) is 7.87. The minimum Gasteiger partial charge on any atom is -0.497 e. The van der Waals surface area contributed by atoms with E-state index in [1.54, 1.807) is 24.3 Å². The molecule has 11 nitrogen and oxygen atoms in total. The monoisotopic (exact) mass is 752 g/mol. The Hall–Kier alpha value is -6.96. The summed E-state index contributed by atoms with van der Waals surface area (Å²) in [7, 11) is 1.23. The summed E-state index contributed by atoms with van der Waals surface area (Å²) in [5, 5.41) is 12.0. The van der Waals surface area contributed by atoms with Gasteiger partial charge in [-0.1, -0.05) is 60.2 Å². The van der Waals surface area contributed by atoms with Crippen LogP contribution >= 0.6 is 0 Å². The highest BCUT2D eigenvalue weighted by molar-refractivity contribution is 6.00. The summed E-state index contributed by atoms with van der Waals surface area (Å²) in [6, 6.07) is 29.6. The highest BCUT2D eigenvalue weighted by Gasteiger charge is 2.34. The van der Waals surface area contributed by atoms with Gasteiger partial charge >= 0.3 is 12.1 Å². The van der Waals surface area contributed by atoms with Crippen LogP contribution in [0.3, 0.4) is 0 Å². The van der Waals surface area contributed by atoms with Crippen molar-refractivity contribution in [1.82, 2.24) is 15.8 Å². The molecule has 14 heteroatoms. The third-order valence-corrected chi connectivity index (χ3v) is 8.41. The SMILES string of the molecule is COc1ccc(CC(=O)Nc2ccc(C(=O)N(CC(=O)O)Cc3ccc(C(=O)NNC(=O)c4ccc(-c5ccc(C)cc5)cc4)cc3)cc2)c(C(F)(F)F)c1. The number of alkyl halides is 3. The predicted octanol–water partition coefficient (Wildman–Crippen LogP) is 6.67. The molecule has 0 heterocycles. The minimum atomic E-state index is -4.71. The number of rotatable bonds is 12. The maximum Gasteiger partial charge on any atom is 0.416 e. The van der Waals surface area contributed by atoms with Crippen LogP contribution in [0.5, 0.6) is 5.75 Å². The van der Waals surface area contributed by atoms with Gasteiger partial charge in [-0.05, 0) is 89.8 Å². The van der Waals surface area contributed by atoms with Crippen LogP contribution in [-0.2, 0) is 28.7 Å². The van der Waals surface area contributed by atoms with Crippen molar-refractivity contribution >= 4 is 35.3 Å². The first-order chi connectivity index (χ1) is 26.2. The number of carbonyl (C=O) groups is 5. The molecule has 0 spiro atoms. The number of carboxylic acid groups (broad SMARTS) is 1. The van der Waals surface area contributed by atoms with Gasteiger partial charge in [0.05, 0.1) is 19.1 Å². The Kier molecular flexibility index (Phi) is 12.3. The number of hydrogen-bond donors (Lipinski definition) is 4. The lowest BCUT2D eigenvalue weighted by Crippen LogP contribution is -2.41. The van der Waals surface area contributed by atoms with Gasteiger partial charge < -0.3 is 20.1 Å². The second kappa shape index (κ2) is 17.2. The van der Waals surface area contributed by atoms with E-state index >= 15 is 0 Å². The predicted molar refractivity (Wildman–Crippen MR) is 197 cm³/mol. The number of benzene rings is 5. The van der Waals surface area contributed by atoms with Crippen molar-refractivity contribution in [3.8, 4) is 16.9 Å². The second-order valence-electron chi connectivity index (χ2n) is 12.4. The molecule has 282 valence electrons. The number of nitrogens with zero attached hydrogens (tertiary/aromatic N) is 1. The quantitative estimate of drug-likeness (QED) is 0.104. The highest BCUT2D eigenvalue weighted by Crippen LogP contribution is 2.35. The van der Waals surface area contributed by atoms with Crippen LogP contribution in [-0.4, -0.2) is 53.3 Å². The fourth-order valence-electron chi connectivity index (χ4n) is 5.52. The van der Waals surface area contributed by atoms with E-state index in [0.29, 0.717) is 11.1 Å². The number of carboxylic acids is 1. The van der Waals surface area contributed by atoms with Crippen molar-refractivity contribution in [3.05, 3.63) is 154 Å². The number of nitrogens with one attached hydrogen (secondary N) is 3. The molecule has 0 saturated carbocycles. The van der Waals surface area contributed by atoms with Gasteiger partial charge in [-0.3, -0.25) is 34.8 Å². The van der Waals surface area contributed by atoms with E-state index in [-0.39, 0.29) is 34.7 Å². The number of aryl methyl sites for hydroxylation is 1. The number of methoxy groups -OCH3 is 1. The Morgan fingerprint density at radius 3 is 1.76 bits per heavy atom. The van der Waals surface area contributed by atoms with E-state index < -0.39 is 54.3 Å². The minimum absolute atomic E-state index is 0.00655. The summed E-state index contributed by atoms with van der Waals surface area (Å²) in [6.45, 7) is 1.21. The fraction of sp³-hybridized carbons (Fsp3) is 0.146. The number of hydrazine groups is 1. The molecule has 0 unspecified atom stereocenters. The number of hydrogen-bond acceptors (Lipinski definition) is 6. The summed E-state index contributed by atoms with van der Waals surface area (Å²) in [6.07, 6.45) is -5.29. The molecule has 0 bridgehead atoms. The van der Waals surface area contributed by atoms with Gasteiger partial charge in [0, 0.05) is 28.9 Å². The van der Waals surface area contributed by atoms with Crippen LogP contribution in [0.15, 0.2) is 115 Å². The smallest absolute Gasteiger partial charge is 0.416 e. The van der Waals surface area contributed by atoms with Crippen LogP contribution < -0.4 is 20.9 Å². The Morgan fingerprint density at radius 2 is 1.24 bits per heavy atom. The molecule has 5 rings (SSSR count). The van der Waals surface area contributed by atoms with E-state index in [4.69, 9.17) is 4.74 Å². The van der Waals surface area contributed by atoms with E-state index in [2.05, 4.69) is 16.2 Å². The van der Waals surface area contributed by atoms with Crippen LogP contribution in [0.25, 0.3) is 11.1 Å². The Morgan fingerprint density at radius 1 is 0.709 bits per heavy atom. The van der Waals surface area contributed by atoms with Gasteiger partial charge in [0.15, 0.2) is 0 Å². The van der Waals surface area contributed by atoms with E-state index in [1.807, 2.05) is 31.2 Å². The number of ether oxygens (including phenoxy) is 1. The molecule has 0 aromatic heterocycles. The lowest BCUT2D eigenvalue weighted by Gasteiger charge is -2.21. The normalized spacial score (nSPS) is 10.9. The van der Waals surface area contributed by atoms with E-state index in [0.717, 1.165) is 33.7 Å². The molecule has 0 aliphatic rings. The zero-order chi connectivity index (χ0) is 39.7. The van der Waals surface area contributed by atoms with Gasteiger partial charge in [0.2, 0.25) is 5.91 Å². The summed E-state index contributed by atoms with van der Waals surface area (Å²) in [4.78, 5) is 64.1. The standard InChI is InChI=1S/C41H35F3N4O7/c1-25-3-7-27(8-4-25)28-11-13-30(14-12-28)39(53)47-46-38(52)29-9-5-26(6-10-29)23-48(24-37(50)51)40(54)31-15-18-33(19-16-31)45-36(49)21-32-17-20-34(55-2)22-35(32)41(42,43)44/h3-20,22H,21,23-24H2,1-2H3,(H,45,49)(H,46,52)(H,47,53)(H,50,51). The Bertz CT molecular complexity index is 2190. The maximum atomic E-state index is 13.6. The topological polar surface area (TPSA) is 154 Å². The molecule has 4 amide bonds. The summed E-state index contributed by atoms with van der Waals surface area (Å²) in [5.74, 6) is -3.79. The van der Waals surface area contributed by atoms with Crippen LogP contribution in [0.4, 0.5) is 18.9 Å². The number of aliphatic carboxylic acids is 1. The van der Waals surface area contributed by atoms with Gasteiger partial charge in [0.25, 0.3) is 17.7 Å². The molecular formula is C41H35F3N4O7. The fourth-order valence-corrected chi connectivity index (χ4v) is 5.52. The zero-order valence-electron chi connectivity index (χ0n) is 29.6. The van der Waals surface area contributed by atoms with Crippen molar-refractivity contribution in [1.29, 1.82) is 0 Å².